The van der Waals surface area contributed by atoms with E-state index in [0.717, 1.165) is 110 Å². The van der Waals surface area contributed by atoms with E-state index in [2.05, 4.69) is 117 Å². The van der Waals surface area contributed by atoms with Gasteiger partial charge in [0.2, 0.25) is 0 Å². The molecule has 6 aromatic rings. The summed E-state index contributed by atoms with van der Waals surface area (Å²) in [6.45, 7) is 5.37. The van der Waals surface area contributed by atoms with Crippen molar-refractivity contribution >= 4 is 22.9 Å². The molecular weight excluding hydrogens is 801 g/mol. The SMILES string of the molecule is CN(C)[C@H]1CCN(c2cccc3nc(CN(C)[C@H]4CCCc5cccnc54)c(CO)n23)C1.CN(C)[C@H]1CCN(c2cccc3nc(CN(C)[C@H]4CCCc5cccnc54)c(CO)n23)C1. The molecule has 14 nitrogen and oxygen atoms in total. The molecule has 0 bridgehead atoms. The Kier molecular flexibility index (Phi) is 13.3. The van der Waals surface area contributed by atoms with Crippen LogP contribution in [-0.4, -0.2) is 139 Å². The minimum Gasteiger partial charge on any atom is -0.390 e. The van der Waals surface area contributed by atoms with Crippen LogP contribution in [0.1, 0.15) is 95.9 Å². The van der Waals surface area contributed by atoms with Gasteiger partial charge in [-0.05, 0) is 141 Å². The van der Waals surface area contributed by atoms with E-state index in [1.54, 1.807) is 0 Å². The standard InChI is InChI=1S/2C25H34N6O/c2*1-28(2)19-12-14-30(15-19)24-11-5-10-23-27-20(22(17-32)31(23)24)16-29(3)21-9-4-7-18-8-6-13-26-25(18)21/h2*5-6,8,10-11,13,19,21,32H,4,7,9,12,14-17H2,1-3H3/t2*19-,21-/m00/s1. The Hall–Kier alpha value is -4.96. The Labute approximate surface area is 378 Å². The zero-order chi connectivity index (χ0) is 44.5. The fourth-order valence-corrected chi connectivity index (χ4v) is 10.9. The van der Waals surface area contributed by atoms with Crippen molar-refractivity contribution < 1.29 is 10.2 Å². The summed E-state index contributed by atoms with van der Waals surface area (Å²) in [7, 11) is 12.9. The van der Waals surface area contributed by atoms with Crippen LogP contribution < -0.4 is 9.80 Å². The molecule has 2 N–H and O–H groups in total. The maximum absolute atomic E-state index is 10.4. The Balaban J connectivity index is 0.000000162. The third kappa shape index (κ3) is 8.76. The highest BCUT2D eigenvalue weighted by atomic mass is 16.3. The Morgan fingerprint density at radius 2 is 1.00 bits per heavy atom. The summed E-state index contributed by atoms with van der Waals surface area (Å²) in [6, 6.07) is 22.7. The molecular formula is C50H68N12O2. The van der Waals surface area contributed by atoms with Crippen molar-refractivity contribution in [2.45, 2.75) is 102 Å². The largest absolute Gasteiger partial charge is 0.390 e. The van der Waals surface area contributed by atoms with Crippen molar-refractivity contribution in [2.75, 3.05) is 78.3 Å². The number of rotatable bonds is 12. The number of aliphatic hydroxyl groups excluding tert-OH is 2. The third-order valence-electron chi connectivity index (χ3n) is 14.5. The highest BCUT2D eigenvalue weighted by Gasteiger charge is 2.31. The van der Waals surface area contributed by atoms with E-state index in [9.17, 15) is 10.2 Å². The van der Waals surface area contributed by atoms with Gasteiger partial charge in [0.15, 0.2) is 0 Å². The van der Waals surface area contributed by atoms with Gasteiger partial charge in [-0.15, -0.1) is 0 Å². The van der Waals surface area contributed by atoms with Gasteiger partial charge in [-0.1, -0.05) is 24.3 Å². The molecule has 0 aromatic carbocycles. The topological polar surface area (TPSA) is 120 Å². The summed E-state index contributed by atoms with van der Waals surface area (Å²) in [4.78, 5) is 33.5. The molecule has 4 atom stereocenters. The molecule has 8 heterocycles. The summed E-state index contributed by atoms with van der Waals surface area (Å²) in [5.41, 5.74) is 10.6. The van der Waals surface area contributed by atoms with Crippen molar-refractivity contribution in [1.82, 2.24) is 48.3 Å². The summed E-state index contributed by atoms with van der Waals surface area (Å²) >= 11 is 0. The normalized spacial score (nSPS) is 21.1. The summed E-state index contributed by atoms with van der Waals surface area (Å²) < 4.78 is 4.32. The number of aryl methyl sites for hydroxylation is 2. The fraction of sp³-hybridized carbons (Fsp3) is 0.520. The number of aromatic nitrogens is 6. The van der Waals surface area contributed by atoms with Gasteiger partial charge in [0, 0.05) is 63.7 Å². The lowest BCUT2D eigenvalue weighted by Gasteiger charge is -2.32. The number of anilines is 2. The molecule has 14 heteroatoms. The minimum atomic E-state index is -0.0220. The van der Waals surface area contributed by atoms with E-state index in [1.165, 1.54) is 35.4 Å². The lowest BCUT2D eigenvalue weighted by Crippen LogP contribution is -2.32. The zero-order valence-corrected chi connectivity index (χ0v) is 38.8. The number of pyridine rings is 4. The molecule has 0 spiro atoms. The average molecular weight is 869 g/mol. The van der Waals surface area contributed by atoms with E-state index in [1.807, 2.05) is 36.7 Å². The van der Waals surface area contributed by atoms with E-state index < -0.39 is 0 Å². The second-order valence-electron chi connectivity index (χ2n) is 18.9. The van der Waals surface area contributed by atoms with Crippen LogP contribution in [0.25, 0.3) is 11.3 Å². The molecule has 2 saturated heterocycles. The van der Waals surface area contributed by atoms with Gasteiger partial charge in [0.1, 0.15) is 22.9 Å². The van der Waals surface area contributed by atoms with Gasteiger partial charge in [0.05, 0.1) is 59.5 Å². The molecule has 0 unspecified atom stereocenters. The number of hydrogen-bond donors (Lipinski definition) is 2. The number of hydrogen-bond acceptors (Lipinski definition) is 12. The first-order valence-corrected chi connectivity index (χ1v) is 23.4. The Bertz CT molecular complexity index is 2360. The number of nitrogens with zero attached hydrogens (tertiary/aromatic N) is 12. The molecule has 0 saturated carbocycles. The van der Waals surface area contributed by atoms with Gasteiger partial charge < -0.3 is 29.8 Å². The molecule has 340 valence electrons. The first-order valence-electron chi connectivity index (χ1n) is 23.4. The third-order valence-corrected chi connectivity index (χ3v) is 14.5. The van der Waals surface area contributed by atoms with Crippen LogP contribution in [0.4, 0.5) is 11.6 Å². The lowest BCUT2D eigenvalue weighted by molar-refractivity contribution is 0.203. The number of aliphatic hydroxyl groups is 2. The van der Waals surface area contributed by atoms with Crippen molar-refractivity contribution in [3.8, 4) is 0 Å². The Morgan fingerprint density at radius 1 is 0.562 bits per heavy atom. The molecule has 6 aromatic heterocycles. The fourth-order valence-electron chi connectivity index (χ4n) is 10.9. The average Bonchev–Trinajstić information content (AvgIpc) is 4.14. The van der Waals surface area contributed by atoms with Gasteiger partial charge >= 0.3 is 0 Å². The molecule has 2 aliphatic heterocycles. The summed E-state index contributed by atoms with van der Waals surface area (Å²) in [5, 5.41) is 20.8. The van der Waals surface area contributed by atoms with Gasteiger partial charge in [-0.2, -0.15) is 0 Å². The van der Waals surface area contributed by atoms with Crippen molar-refractivity contribution in [3.63, 3.8) is 0 Å². The van der Waals surface area contributed by atoms with Crippen LogP contribution in [-0.2, 0) is 39.1 Å². The van der Waals surface area contributed by atoms with Crippen LogP contribution in [0, 0.1) is 0 Å². The number of imidazole rings is 2. The number of fused-ring (bicyclic) bond motifs is 4. The van der Waals surface area contributed by atoms with Gasteiger partial charge in [-0.25, -0.2) is 9.97 Å². The first kappa shape index (κ1) is 44.3. The number of likely N-dealkylation sites (N-methyl/N-ethyl adjacent to an activating group) is 2. The van der Waals surface area contributed by atoms with Crippen LogP contribution in [0.2, 0.25) is 0 Å². The monoisotopic (exact) mass is 869 g/mol. The molecule has 10 rings (SSSR count). The van der Waals surface area contributed by atoms with Gasteiger partial charge in [0.25, 0.3) is 0 Å². The molecule has 4 aliphatic rings. The lowest BCUT2D eigenvalue weighted by atomic mass is 9.91. The van der Waals surface area contributed by atoms with Gasteiger partial charge in [-0.3, -0.25) is 28.6 Å². The van der Waals surface area contributed by atoms with Crippen LogP contribution in [0.15, 0.2) is 73.1 Å². The first-order chi connectivity index (χ1) is 31.1. The van der Waals surface area contributed by atoms with Crippen molar-refractivity contribution in [1.29, 1.82) is 0 Å². The molecule has 0 radical (unpaired) electrons. The molecule has 0 amide bonds. The summed E-state index contributed by atoms with van der Waals surface area (Å²) in [6.07, 6.45) is 12.9. The zero-order valence-electron chi connectivity index (χ0n) is 38.8. The molecule has 64 heavy (non-hydrogen) atoms. The van der Waals surface area contributed by atoms with E-state index >= 15 is 0 Å². The summed E-state index contributed by atoms with van der Waals surface area (Å²) in [5.74, 6) is 2.25. The van der Waals surface area contributed by atoms with Crippen LogP contribution in [0.5, 0.6) is 0 Å². The second kappa shape index (κ2) is 19.3. The van der Waals surface area contributed by atoms with E-state index in [4.69, 9.17) is 19.9 Å². The second-order valence-corrected chi connectivity index (χ2v) is 18.9. The predicted octanol–water partition coefficient (Wildman–Crippen LogP) is 5.74. The smallest absolute Gasteiger partial charge is 0.138 e. The highest BCUT2D eigenvalue weighted by molar-refractivity contribution is 5.57. The molecule has 2 fully saturated rings. The minimum absolute atomic E-state index is 0.0220. The maximum Gasteiger partial charge on any atom is 0.138 e. The molecule has 2 aliphatic carbocycles. The quantitative estimate of drug-likeness (QED) is 0.156. The van der Waals surface area contributed by atoms with Crippen molar-refractivity contribution in [2.24, 2.45) is 0 Å². The van der Waals surface area contributed by atoms with E-state index in [0.29, 0.717) is 25.2 Å². The Morgan fingerprint density at radius 3 is 1.39 bits per heavy atom. The highest BCUT2D eigenvalue weighted by Crippen LogP contribution is 2.36. The maximum atomic E-state index is 10.4. The van der Waals surface area contributed by atoms with Crippen LogP contribution >= 0.6 is 0 Å². The van der Waals surface area contributed by atoms with E-state index in [-0.39, 0.29) is 25.3 Å². The van der Waals surface area contributed by atoms with Crippen molar-refractivity contribution in [3.05, 3.63) is 118 Å². The predicted molar refractivity (Wildman–Crippen MR) is 254 cm³/mol. The van der Waals surface area contributed by atoms with Crippen LogP contribution in [0.3, 0.4) is 0 Å².